The first kappa shape index (κ1) is 13.0. The molecule has 0 saturated heterocycles. The molecule has 0 saturated carbocycles. The van der Waals surface area contributed by atoms with E-state index in [1.165, 1.54) is 13.2 Å². The number of ketones is 2. The summed E-state index contributed by atoms with van der Waals surface area (Å²) in [5.74, 6) is -1.05. The highest BCUT2D eigenvalue weighted by Gasteiger charge is 2.27. The van der Waals surface area contributed by atoms with E-state index in [0.29, 0.717) is 11.1 Å². The maximum Gasteiger partial charge on any atom is 0.327 e. The standard InChI is InChI=1S/C14H13NO4/c1-8(14(18)19-2)15-11-7-12(16)9-5-3-4-6-10(9)13(11)17/h3-8,15H,1-2H3. The molecule has 1 atom stereocenters. The summed E-state index contributed by atoms with van der Waals surface area (Å²) in [5.41, 5.74) is 0.833. The van der Waals surface area contributed by atoms with Crippen molar-refractivity contribution < 1.29 is 19.1 Å². The van der Waals surface area contributed by atoms with Gasteiger partial charge in [0.05, 0.1) is 12.8 Å². The van der Waals surface area contributed by atoms with E-state index in [-0.39, 0.29) is 17.3 Å². The van der Waals surface area contributed by atoms with Crippen molar-refractivity contribution in [3.63, 3.8) is 0 Å². The molecule has 1 aromatic rings. The number of allylic oxidation sites excluding steroid dienone is 2. The van der Waals surface area contributed by atoms with Gasteiger partial charge in [0.1, 0.15) is 6.04 Å². The molecule has 1 aliphatic rings. The fourth-order valence-electron chi connectivity index (χ4n) is 1.89. The summed E-state index contributed by atoms with van der Waals surface area (Å²) in [6.07, 6.45) is 1.21. The summed E-state index contributed by atoms with van der Waals surface area (Å²) >= 11 is 0. The Bertz CT molecular complexity index is 589. The van der Waals surface area contributed by atoms with Crippen molar-refractivity contribution in [2.24, 2.45) is 0 Å². The van der Waals surface area contributed by atoms with Gasteiger partial charge in [-0.25, -0.2) is 4.79 Å². The molecule has 1 aliphatic carbocycles. The lowest BCUT2D eigenvalue weighted by Gasteiger charge is -2.19. The summed E-state index contributed by atoms with van der Waals surface area (Å²) < 4.78 is 4.56. The van der Waals surface area contributed by atoms with Gasteiger partial charge in [-0.3, -0.25) is 9.59 Å². The van der Waals surface area contributed by atoms with Gasteiger partial charge in [-0.2, -0.15) is 0 Å². The molecular weight excluding hydrogens is 246 g/mol. The van der Waals surface area contributed by atoms with E-state index in [1.54, 1.807) is 31.2 Å². The number of methoxy groups -OCH3 is 1. The van der Waals surface area contributed by atoms with Crippen molar-refractivity contribution in [2.45, 2.75) is 13.0 Å². The Kier molecular flexibility index (Phi) is 3.46. The molecule has 19 heavy (non-hydrogen) atoms. The lowest BCUT2D eigenvalue weighted by molar-refractivity contribution is -0.142. The van der Waals surface area contributed by atoms with E-state index in [4.69, 9.17) is 0 Å². The van der Waals surface area contributed by atoms with Gasteiger partial charge >= 0.3 is 5.97 Å². The average Bonchev–Trinajstić information content (AvgIpc) is 2.43. The molecule has 0 fully saturated rings. The SMILES string of the molecule is COC(=O)C(C)NC1=CC(=O)c2ccccc2C1=O. The molecule has 0 spiro atoms. The molecule has 0 amide bonds. The van der Waals surface area contributed by atoms with Gasteiger partial charge < -0.3 is 10.1 Å². The minimum Gasteiger partial charge on any atom is -0.467 e. The largest absolute Gasteiger partial charge is 0.467 e. The van der Waals surface area contributed by atoms with Gasteiger partial charge in [0.15, 0.2) is 5.78 Å². The van der Waals surface area contributed by atoms with Crippen LogP contribution in [0.2, 0.25) is 0 Å². The number of carbonyl (C=O) groups excluding carboxylic acids is 3. The van der Waals surface area contributed by atoms with Gasteiger partial charge in [-0.15, -0.1) is 0 Å². The normalized spacial score (nSPS) is 15.4. The van der Waals surface area contributed by atoms with Gasteiger partial charge in [0.2, 0.25) is 5.78 Å². The lowest BCUT2D eigenvalue weighted by Crippen LogP contribution is -2.38. The Morgan fingerprint density at radius 2 is 1.84 bits per heavy atom. The molecule has 1 unspecified atom stereocenters. The van der Waals surface area contributed by atoms with Crippen LogP contribution in [0.3, 0.4) is 0 Å². The maximum absolute atomic E-state index is 12.2. The predicted octanol–water partition coefficient (Wildman–Crippen LogP) is 1.10. The lowest BCUT2D eigenvalue weighted by atomic mass is 9.92. The minimum absolute atomic E-state index is 0.113. The zero-order valence-electron chi connectivity index (χ0n) is 10.6. The number of ether oxygens (including phenoxy) is 1. The van der Waals surface area contributed by atoms with Crippen LogP contribution in [0.25, 0.3) is 0 Å². The van der Waals surface area contributed by atoms with Crippen LogP contribution in [0, 0.1) is 0 Å². The molecule has 1 aromatic carbocycles. The molecule has 0 heterocycles. The highest BCUT2D eigenvalue weighted by molar-refractivity contribution is 6.24. The van der Waals surface area contributed by atoms with Gasteiger partial charge in [0.25, 0.3) is 0 Å². The van der Waals surface area contributed by atoms with Crippen LogP contribution in [0.4, 0.5) is 0 Å². The Morgan fingerprint density at radius 1 is 1.21 bits per heavy atom. The van der Waals surface area contributed by atoms with Crippen molar-refractivity contribution in [3.8, 4) is 0 Å². The topological polar surface area (TPSA) is 72.5 Å². The first-order chi connectivity index (χ1) is 9.04. The Hall–Kier alpha value is -2.43. The Balaban J connectivity index is 2.28. The quantitative estimate of drug-likeness (QED) is 0.823. The van der Waals surface area contributed by atoms with E-state index in [1.807, 2.05) is 0 Å². The summed E-state index contributed by atoms with van der Waals surface area (Å²) in [6.45, 7) is 1.56. The molecule has 5 heteroatoms. The summed E-state index contributed by atoms with van der Waals surface area (Å²) in [4.78, 5) is 35.4. The highest BCUT2D eigenvalue weighted by Crippen LogP contribution is 2.20. The molecule has 0 aliphatic heterocycles. The maximum atomic E-state index is 12.2. The Labute approximate surface area is 110 Å². The van der Waals surface area contributed by atoms with Crippen LogP contribution >= 0.6 is 0 Å². The van der Waals surface area contributed by atoms with Crippen LogP contribution < -0.4 is 5.32 Å². The first-order valence-electron chi connectivity index (χ1n) is 5.78. The van der Waals surface area contributed by atoms with Gasteiger partial charge in [-0.05, 0) is 6.92 Å². The zero-order valence-corrected chi connectivity index (χ0v) is 10.6. The van der Waals surface area contributed by atoms with Crippen molar-refractivity contribution in [2.75, 3.05) is 7.11 Å². The molecule has 5 nitrogen and oxygen atoms in total. The minimum atomic E-state index is -0.696. The van der Waals surface area contributed by atoms with E-state index < -0.39 is 12.0 Å². The second kappa shape index (κ2) is 5.06. The number of hydrogen-bond acceptors (Lipinski definition) is 5. The monoisotopic (exact) mass is 259 g/mol. The number of rotatable bonds is 3. The zero-order chi connectivity index (χ0) is 14.0. The van der Waals surface area contributed by atoms with Crippen molar-refractivity contribution >= 4 is 17.5 Å². The van der Waals surface area contributed by atoms with Crippen molar-refractivity contribution in [1.29, 1.82) is 0 Å². The molecule has 0 bridgehead atoms. The summed E-state index contributed by atoms with van der Waals surface area (Å²) in [7, 11) is 1.26. The second-order valence-corrected chi connectivity index (χ2v) is 4.19. The molecular formula is C14H13NO4. The fourth-order valence-corrected chi connectivity index (χ4v) is 1.89. The third-order valence-corrected chi connectivity index (χ3v) is 2.88. The third kappa shape index (κ3) is 2.40. The molecule has 98 valence electrons. The van der Waals surface area contributed by atoms with Crippen molar-refractivity contribution in [1.82, 2.24) is 5.32 Å². The summed E-state index contributed by atoms with van der Waals surface area (Å²) in [6, 6.07) is 5.89. The molecule has 1 N–H and O–H groups in total. The molecule has 2 rings (SSSR count). The fraction of sp³-hybridized carbons (Fsp3) is 0.214. The molecule has 0 aromatic heterocycles. The van der Waals surface area contributed by atoms with Crippen molar-refractivity contribution in [3.05, 3.63) is 47.2 Å². The summed E-state index contributed by atoms with van der Waals surface area (Å²) in [5, 5.41) is 2.71. The Morgan fingerprint density at radius 3 is 2.47 bits per heavy atom. The number of esters is 1. The van der Waals surface area contributed by atoms with E-state index in [0.717, 1.165) is 0 Å². The van der Waals surface area contributed by atoms with Crippen LogP contribution in [0.5, 0.6) is 0 Å². The van der Waals surface area contributed by atoms with E-state index in [2.05, 4.69) is 10.1 Å². The van der Waals surface area contributed by atoms with Gasteiger partial charge in [0, 0.05) is 17.2 Å². The first-order valence-corrected chi connectivity index (χ1v) is 5.78. The van der Waals surface area contributed by atoms with E-state index in [9.17, 15) is 14.4 Å². The third-order valence-electron chi connectivity index (χ3n) is 2.88. The van der Waals surface area contributed by atoms with Crippen LogP contribution in [0.15, 0.2) is 36.0 Å². The van der Waals surface area contributed by atoms with E-state index >= 15 is 0 Å². The number of hydrogen-bond donors (Lipinski definition) is 1. The number of carbonyl (C=O) groups is 3. The average molecular weight is 259 g/mol. The predicted molar refractivity (Wildman–Crippen MR) is 67.8 cm³/mol. The number of benzene rings is 1. The van der Waals surface area contributed by atoms with Crippen LogP contribution in [0.1, 0.15) is 27.6 Å². The van der Waals surface area contributed by atoms with Crippen LogP contribution in [-0.2, 0) is 9.53 Å². The second-order valence-electron chi connectivity index (χ2n) is 4.19. The van der Waals surface area contributed by atoms with Gasteiger partial charge in [-0.1, -0.05) is 24.3 Å². The highest BCUT2D eigenvalue weighted by atomic mass is 16.5. The number of nitrogens with one attached hydrogen (secondary N) is 1. The number of fused-ring (bicyclic) bond motifs is 1. The smallest absolute Gasteiger partial charge is 0.327 e. The molecule has 0 radical (unpaired) electrons. The number of Topliss-reactive ketones (excluding diaryl/α,β-unsaturated/α-hetero) is 1. The van der Waals surface area contributed by atoms with Crippen LogP contribution in [-0.4, -0.2) is 30.7 Å².